The topological polar surface area (TPSA) is 66.5 Å². The minimum atomic E-state index is -4.33. The summed E-state index contributed by atoms with van der Waals surface area (Å²) in [5.41, 5.74) is 0.223. The normalized spacial score (nSPS) is 16.0. The average Bonchev–Trinajstić information content (AvgIpc) is 3.30. The number of halogens is 3. The third-order valence-electron chi connectivity index (χ3n) is 5.96. The van der Waals surface area contributed by atoms with Crippen molar-refractivity contribution in [3.63, 3.8) is 0 Å². The van der Waals surface area contributed by atoms with Crippen molar-refractivity contribution < 1.29 is 22.0 Å². The molecule has 3 aromatic carbocycles. The summed E-state index contributed by atoms with van der Waals surface area (Å²) in [5, 5.41) is 0.0574. The molecule has 0 saturated carbocycles. The number of nitrogens with one attached hydrogen (secondary N) is 1. The number of carbonyl (C=O) groups is 1. The lowest BCUT2D eigenvalue weighted by Gasteiger charge is -2.17. The molecule has 0 radical (unpaired) electrons. The fourth-order valence-electron chi connectivity index (χ4n) is 4.04. The number of hydrogen-bond acceptors (Lipinski definition) is 3. The number of rotatable bonds is 6. The molecule has 34 heavy (non-hydrogen) atoms. The van der Waals surface area contributed by atoms with Crippen molar-refractivity contribution in [3.05, 3.63) is 82.9 Å². The van der Waals surface area contributed by atoms with Crippen LogP contribution in [0.2, 0.25) is 5.02 Å². The monoisotopic (exact) mass is 504 g/mol. The van der Waals surface area contributed by atoms with Crippen LogP contribution in [0.3, 0.4) is 0 Å². The molecule has 0 aliphatic carbocycles. The molecule has 178 valence electrons. The Balaban J connectivity index is 1.65. The summed E-state index contributed by atoms with van der Waals surface area (Å²) >= 11 is 6.14. The van der Waals surface area contributed by atoms with E-state index in [0.29, 0.717) is 30.6 Å². The van der Waals surface area contributed by atoms with Gasteiger partial charge < -0.3 is 4.90 Å². The van der Waals surface area contributed by atoms with Gasteiger partial charge in [-0.2, -0.15) is 0 Å². The maximum atomic E-state index is 14.5. The number of anilines is 1. The number of likely N-dealkylation sites (tertiary alicyclic amines) is 1. The standard InChI is InChI=1S/C25H23ClF2N2O3S/c1-2-16-8-9-30(15-16)25(31)18-10-19(26)12-20(11-18)34(32,33)29-24-13-21(22(27)14-23(24)28)17-6-4-3-5-7-17/h3-7,10-14,16,29H,2,8-9,15H2,1H3/t16-/m1/s1. The second-order valence-corrected chi connectivity index (χ2v) is 10.4. The van der Waals surface area contributed by atoms with Crippen molar-refractivity contribution in [2.45, 2.75) is 24.7 Å². The van der Waals surface area contributed by atoms with E-state index in [9.17, 15) is 22.0 Å². The first-order valence-electron chi connectivity index (χ1n) is 10.8. The Bertz CT molecular complexity index is 1330. The molecule has 1 atom stereocenters. The first-order chi connectivity index (χ1) is 16.2. The number of sulfonamides is 1. The van der Waals surface area contributed by atoms with Crippen molar-refractivity contribution in [2.75, 3.05) is 17.8 Å². The van der Waals surface area contributed by atoms with E-state index >= 15 is 0 Å². The molecule has 9 heteroatoms. The van der Waals surface area contributed by atoms with E-state index in [1.54, 1.807) is 35.2 Å². The molecule has 1 N–H and O–H groups in total. The number of amides is 1. The Labute approximate surface area is 202 Å². The van der Waals surface area contributed by atoms with Gasteiger partial charge in [0.15, 0.2) is 0 Å². The highest BCUT2D eigenvalue weighted by Gasteiger charge is 2.27. The first-order valence-corrected chi connectivity index (χ1v) is 12.7. The van der Waals surface area contributed by atoms with Gasteiger partial charge in [-0.15, -0.1) is 0 Å². The molecule has 1 amide bonds. The fourth-order valence-corrected chi connectivity index (χ4v) is 5.47. The quantitative estimate of drug-likeness (QED) is 0.450. The number of carbonyl (C=O) groups excluding carboxylic acids is 1. The smallest absolute Gasteiger partial charge is 0.262 e. The molecule has 1 aliphatic rings. The van der Waals surface area contributed by atoms with E-state index in [1.807, 2.05) is 0 Å². The summed E-state index contributed by atoms with van der Waals surface area (Å²) in [6.45, 7) is 3.25. The maximum Gasteiger partial charge on any atom is 0.262 e. The molecule has 0 spiro atoms. The Hall–Kier alpha value is -2.97. The zero-order valence-electron chi connectivity index (χ0n) is 18.4. The predicted molar refractivity (Wildman–Crippen MR) is 128 cm³/mol. The first kappa shape index (κ1) is 24.2. The molecule has 0 aromatic heterocycles. The van der Waals surface area contributed by atoms with Gasteiger partial charge in [-0.25, -0.2) is 17.2 Å². The molecule has 1 aliphatic heterocycles. The second kappa shape index (κ2) is 9.72. The van der Waals surface area contributed by atoms with Crippen molar-refractivity contribution >= 4 is 33.2 Å². The largest absolute Gasteiger partial charge is 0.338 e. The zero-order valence-corrected chi connectivity index (χ0v) is 20.0. The van der Waals surface area contributed by atoms with Crippen LogP contribution in [-0.4, -0.2) is 32.3 Å². The van der Waals surface area contributed by atoms with E-state index in [1.165, 1.54) is 18.2 Å². The lowest BCUT2D eigenvalue weighted by atomic mass is 10.0. The third kappa shape index (κ3) is 5.08. The Morgan fingerprint density at radius 2 is 1.82 bits per heavy atom. The Morgan fingerprint density at radius 1 is 1.09 bits per heavy atom. The minimum absolute atomic E-state index is 0.0428. The highest BCUT2D eigenvalue weighted by atomic mass is 35.5. The SMILES string of the molecule is CC[C@@H]1CCN(C(=O)c2cc(Cl)cc(S(=O)(=O)Nc3cc(-c4ccccc4)c(F)cc3F)c2)C1. The van der Waals surface area contributed by atoms with Gasteiger partial charge in [0.25, 0.3) is 15.9 Å². The highest BCUT2D eigenvalue weighted by molar-refractivity contribution is 7.92. The summed E-state index contributed by atoms with van der Waals surface area (Å²) in [6.07, 6.45) is 1.85. The van der Waals surface area contributed by atoms with Gasteiger partial charge >= 0.3 is 0 Å². The van der Waals surface area contributed by atoms with Crippen LogP contribution in [0.15, 0.2) is 65.6 Å². The van der Waals surface area contributed by atoms with Gasteiger partial charge in [-0.05, 0) is 42.2 Å². The van der Waals surface area contributed by atoms with Crippen LogP contribution in [0.4, 0.5) is 14.5 Å². The molecule has 0 unspecified atom stereocenters. The molecule has 4 rings (SSSR count). The number of benzene rings is 3. The van der Waals surface area contributed by atoms with Crippen molar-refractivity contribution in [2.24, 2.45) is 5.92 Å². The summed E-state index contributed by atoms with van der Waals surface area (Å²) in [7, 11) is -4.33. The fraction of sp³-hybridized carbons (Fsp3) is 0.240. The molecular formula is C25H23ClF2N2O3S. The van der Waals surface area contributed by atoms with Crippen LogP contribution in [0.25, 0.3) is 11.1 Å². The summed E-state index contributed by atoms with van der Waals surface area (Å²) < 4.78 is 57.2. The lowest BCUT2D eigenvalue weighted by molar-refractivity contribution is 0.0786. The van der Waals surface area contributed by atoms with Crippen LogP contribution in [0.5, 0.6) is 0 Å². The van der Waals surface area contributed by atoms with E-state index < -0.39 is 27.3 Å². The van der Waals surface area contributed by atoms with Crippen molar-refractivity contribution in [1.82, 2.24) is 4.90 Å². The van der Waals surface area contributed by atoms with Crippen LogP contribution in [0, 0.1) is 17.6 Å². The van der Waals surface area contributed by atoms with Crippen LogP contribution in [-0.2, 0) is 10.0 Å². The molecule has 3 aromatic rings. The highest BCUT2D eigenvalue weighted by Crippen LogP contribution is 2.30. The van der Waals surface area contributed by atoms with Crippen molar-refractivity contribution in [1.29, 1.82) is 0 Å². The van der Waals surface area contributed by atoms with Gasteiger partial charge in [-0.3, -0.25) is 9.52 Å². The molecule has 5 nitrogen and oxygen atoms in total. The summed E-state index contributed by atoms with van der Waals surface area (Å²) in [4.78, 5) is 14.3. The van der Waals surface area contributed by atoms with Crippen LogP contribution < -0.4 is 4.72 Å². The zero-order chi connectivity index (χ0) is 24.5. The Kier molecular flexibility index (Phi) is 6.91. The van der Waals surface area contributed by atoms with Gasteiger partial charge in [0, 0.05) is 35.3 Å². The van der Waals surface area contributed by atoms with Gasteiger partial charge in [0.1, 0.15) is 11.6 Å². The predicted octanol–water partition coefficient (Wildman–Crippen LogP) is 5.96. The lowest BCUT2D eigenvalue weighted by Crippen LogP contribution is -2.29. The van der Waals surface area contributed by atoms with E-state index in [4.69, 9.17) is 11.6 Å². The minimum Gasteiger partial charge on any atom is -0.338 e. The molecular weight excluding hydrogens is 482 g/mol. The van der Waals surface area contributed by atoms with Crippen LogP contribution >= 0.6 is 11.6 Å². The molecule has 1 heterocycles. The summed E-state index contributed by atoms with van der Waals surface area (Å²) in [6, 6.07) is 13.9. The summed E-state index contributed by atoms with van der Waals surface area (Å²) in [5.74, 6) is -1.79. The third-order valence-corrected chi connectivity index (χ3v) is 7.53. The average molecular weight is 505 g/mol. The molecule has 0 bridgehead atoms. The number of nitrogens with zero attached hydrogens (tertiary/aromatic N) is 1. The molecule has 1 fully saturated rings. The molecule has 1 saturated heterocycles. The second-order valence-electron chi connectivity index (χ2n) is 8.27. The maximum absolute atomic E-state index is 14.5. The van der Waals surface area contributed by atoms with Gasteiger partial charge in [-0.1, -0.05) is 55.3 Å². The van der Waals surface area contributed by atoms with Gasteiger partial charge in [0.05, 0.1) is 10.6 Å². The van der Waals surface area contributed by atoms with Crippen molar-refractivity contribution in [3.8, 4) is 11.1 Å². The van der Waals surface area contributed by atoms with Crippen LogP contribution in [0.1, 0.15) is 30.1 Å². The number of hydrogen-bond donors (Lipinski definition) is 1. The van der Waals surface area contributed by atoms with E-state index in [0.717, 1.165) is 18.9 Å². The Morgan fingerprint density at radius 3 is 2.50 bits per heavy atom. The van der Waals surface area contributed by atoms with E-state index in [2.05, 4.69) is 11.6 Å². The van der Waals surface area contributed by atoms with E-state index in [-0.39, 0.29) is 27.0 Å². The van der Waals surface area contributed by atoms with Gasteiger partial charge in [0.2, 0.25) is 0 Å².